The standard InChI is InChI=1S/C20H20N2O6S/c1-3-27-17-9-13-8-12(2)28-16(13)10-15(17)21-19(23)11-22-20(24)14-6-4-5-7-18(14)29(22,25)26/h4-7,9-10,12H,3,8,11H2,1-2H3,(H,21,23)/t12-/m0/s1. The number of ether oxygens (including phenoxy) is 2. The first-order valence-corrected chi connectivity index (χ1v) is 10.7. The normalized spacial score (nSPS) is 18.8. The molecular formula is C20H20N2O6S. The molecule has 152 valence electrons. The van der Waals surface area contributed by atoms with Crippen LogP contribution in [0.4, 0.5) is 5.69 Å². The van der Waals surface area contributed by atoms with Gasteiger partial charge in [-0.3, -0.25) is 9.59 Å². The molecule has 0 saturated carbocycles. The number of carbonyl (C=O) groups is 2. The second-order valence-electron chi connectivity index (χ2n) is 6.88. The summed E-state index contributed by atoms with van der Waals surface area (Å²) in [6.07, 6.45) is 0.763. The molecule has 0 saturated heterocycles. The van der Waals surface area contributed by atoms with Crippen LogP contribution in [0.25, 0.3) is 0 Å². The van der Waals surface area contributed by atoms with E-state index in [9.17, 15) is 18.0 Å². The maximum atomic E-state index is 12.6. The lowest BCUT2D eigenvalue weighted by Gasteiger charge is -2.17. The fourth-order valence-electron chi connectivity index (χ4n) is 3.52. The van der Waals surface area contributed by atoms with Crippen molar-refractivity contribution in [1.82, 2.24) is 4.31 Å². The maximum Gasteiger partial charge on any atom is 0.269 e. The summed E-state index contributed by atoms with van der Waals surface area (Å²) < 4.78 is 37.2. The van der Waals surface area contributed by atoms with E-state index >= 15 is 0 Å². The highest BCUT2D eigenvalue weighted by Crippen LogP contribution is 2.38. The number of sulfonamides is 1. The molecule has 2 aliphatic heterocycles. The summed E-state index contributed by atoms with van der Waals surface area (Å²) in [5.41, 5.74) is 1.41. The van der Waals surface area contributed by atoms with Crippen molar-refractivity contribution >= 4 is 27.5 Å². The monoisotopic (exact) mass is 416 g/mol. The third-order valence-electron chi connectivity index (χ3n) is 4.77. The first-order chi connectivity index (χ1) is 13.8. The van der Waals surface area contributed by atoms with Crippen LogP contribution in [0.5, 0.6) is 11.5 Å². The molecule has 0 aromatic heterocycles. The first-order valence-electron chi connectivity index (χ1n) is 9.23. The van der Waals surface area contributed by atoms with Crippen LogP contribution in [0.1, 0.15) is 29.8 Å². The number of carbonyl (C=O) groups excluding carboxylic acids is 2. The Balaban J connectivity index is 1.57. The molecule has 0 fully saturated rings. The molecule has 2 amide bonds. The van der Waals surface area contributed by atoms with Gasteiger partial charge in [0.15, 0.2) is 0 Å². The molecule has 29 heavy (non-hydrogen) atoms. The van der Waals surface area contributed by atoms with E-state index in [0.717, 1.165) is 12.0 Å². The fourth-order valence-corrected chi connectivity index (χ4v) is 5.04. The first kappa shape index (κ1) is 19.3. The van der Waals surface area contributed by atoms with Gasteiger partial charge < -0.3 is 14.8 Å². The SMILES string of the molecule is CCOc1cc2c(cc1NC(=O)CN1C(=O)c3ccccc3S1(=O)=O)O[C@@H](C)C2. The molecule has 2 aliphatic rings. The Hall–Kier alpha value is -3.07. The van der Waals surface area contributed by atoms with Crippen LogP contribution in [0.15, 0.2) is 41.3 Å². The number of anilines is 1. The second kappa shape index (κ2) is 7.07. The van der Waals surface area contributed by atoms with Crippen molar-refractivity contribution in [2.45, 2.75) is 31.3 Å². The van der Waals surface area contributed by atoms with E-state index in [-0.39, 0.29) is 16.6 Å². The topological polar surface area (TPSA) is 102 Å². The van der Waals surface area contributed by atoms with Gasteiger partial charge in [-0.1, -0.05) is 12.1 Å². The number of hydrogen-bond acceptors (Lipinski definition) is 6. The Morgan fingerprint density at radius 1 is 1.31 bits per heavy atom. The molecule has 4 rings (SSSR count). The van der Waals surface area contributed by atoms with Crippen molar-refractivity contribution in [3.8, 4) is 11.5 Å². The molecule has 2 aromatic rings. The van der Waals surface area contributed by atoms with Crippen LogP contribution >= 0.6 is 0 Å². The van der Waals surface area contributed by atoms with Gasteiger partial charge in [-0.25, -0.2) is 12.7 Å². The lowest BCUT2D eigenvalue weighted by Crippen LogP contribution is -2.37. The summed E-state index contributed by atoms with van der Waals surface area (Å²) >= 11 is 0. The molecule has 8 nitrogen and oxygen atoms in total. The van der Waals surface area contributed by atoms with Crippen LogP contribution < -0.4 is 14.8 Å². The van der Waals surface area contributed by atoms with Gasteiger partial charge in [0, 0.05) is 18.1 Å². The van der Waals surface area contributed by atoms with E-state index in [0.29, 0.717) is 28.1 Å². The number of nitrogens with zero attached hydrogens (tertiary/aromatic N) is 1. The summed E-state index contributed by atoms with van der Waals surface area (Å²) in [5.74, 6) is -0.252. The van der Waals surface area contributed by atoms with Gasteiger partial charge in [0.2, 0.25) is 5.91 Å². The number of rotatable bonds is 5. The highest BCUT2D eigenvalue weighted by atomic mass is 32.2. The van der Waals surface area contributed by atoms with E-state index in [1.807, 2.05) is 19.9 Å². The zero-order valence-electron chi connectivity index (χ0n) is 16.0. The quantitative estimate of drug-likeness (QED) is 0.802. The largest absolute Gasteiger partial charge is 0.492 e. The minimum absolute atomic E-state index is 0.0243. The van der Waals surface area contributed by atoms with Gasteiger partial charge >= 0.3 is 0 Å². The molecule has 1 N–H and O–H groups in total. The van der Waals surface area contributed by atoms with E-state index < -0.39 is 28.4 Å². The molecule has 0 aliphatic carbocycles. The zero-order valence-corrected chi connectivity index (χ0v) is 16.8. The summed E-state index contributed by atoms with van der Waals surface area (Å²) in [6.45, 7) is 3.53. The lowest BCUT2D eigenvalue weighted by atomic mass is 10.1. The van der Waals surface area contributed by atoms with Gasteiger partial charge in [0.05, 0.1) is 17.9 Å². The van der Waals surface area contributed by atoms with Crippen LogP contribution in [-0.2, 0) is 21.2 Å². The van der Waals surface area contributed by atoms with Gasteiger partial charge in [0.25, 0.3) is 15.9 Å². The van der Waals surface area contributed by atoms with Gasteiger partial charge in [-0.05, 0) is 32.0 Å². The average molecular weight is 416 g/mol. The Morgan fingerprint density at radius 2 is 2.07 bits per heavy atom. The third-order valence-corrected chi connectivity index (χ3v) is 6.56. The van der Waals surface area contributed by atoms with Crippen molar-refractivity contribution < 1.29 is 27.5 Å². The van der Waals surface area contributed by atoms with Crippen molar-refractivity contribution in [2.75, 3.05) is 18.5 Å². The summed E-state index contributed by atoms with van der Waals surface area (Å²) in [5, 5.41) is 2.65. The number of fused-ring (bicyclic) bond motifs is 2. The van der Waals surface area contributed by atoms with Crippen molar-refractivity contribution in [3.05, 3.63) is 47.5 Å². The molecule has 9 heteroatoms. The van der Waals surface area contributed by atoms with Crippen molar-refractivity contribution in [1.29, 1.82) is 0 Å². The van der Waals surface area contributed by atoms with Gasteiger partial charge in [-0.15, -0.1) is 0 Å². The number of hydrogen-bond donors (Lipinski definition) is 1. The van der Waals surface area contributed by atoms with E-state index in [1.165, 1.54) is 18.2 Å². The predicted octanol–water partition coefficient (Wildman–Crippen LogP) is 2.19. The van der Waals surface area contributed by atoms with Crippen LogP contribution in [0.2, 0.25) is 0 Å². The second-order valence-corrected chi connectivity index (χ2v) is 8.71. The van der Waals surface area contributed by atoms with Crippen molar-refractivity contribution in [3.63, 3.8) is 0 Å². The fraction of sp³-hybridized carbons (Fsp3) is 0.300. The molecule has 2 aromatic carbocycles. The molecular weight excluding hydrogens is 396 g/mol. The molecule has 0 spiro atoms. The van der Waals surface area contributed by atoms with Crippen LogP contribution in [0, 0.1) is 0 Å². The van der Waals surface area contributed by atoms with Crippen LogP contribution in [-0.4, -0.2) is 43.8 Å². The lowest BCUT2D eigenvalue weighted by molar-refractivity contribution is -0.116. The summed E-state index contributed by atoms with van der Waals surface area (Å²) in [4.78, 5) is 25.0. The van der Waals surface area contributed by atoms with Gasteiger partial charge in [-0.2, -0.15) is 0 Å². The van der Waals surface area contributed by atoms with E-state index in [1.54, 1.807) is 12.1 Å². The number of benzene rings is 2. The molecule has 0 radical (unpaired) electrons. The molecule has 1 atom stereocenters. The Labute approximate surface area is 168 Å². The number of amides is 2. The molecule has 0 bridgehead atoms. The predicted molar refractivity (Wildman–Crippen MR) is 105 cm³/mol. The Morgan fingerprint density at radius 3 is 2.79 bits per heavy atom. The Bertz CT molecular complexity index is 1110. The van der Waals surface area contributed by atoms with E-state index in [2.05, 4.69) is 5.32 Å². The Kier molecular flexibility index (Phi) is 4.70. The summed E-state index contributed by atoms with van der Waals surface area (Å²) in [7, 11) is -4.05. The smallest absolute Gasteiger partial charge is 0.269 e. The molecule has 2 heterocycles. The van der Waals surface area contributed by atoms with Crippen LogP contribution in [0.3, 0.4) is 0 Å². The van der Waals surface area contributed by atoms with Crippen molar-refractivity contribution in [2.24, 2.45) is 0 Å². The number of nitrogens with one attached hydrogen (secondary N) is 1. The minimum Gasteiger partial charge on any atom is -0.492 e. The third kappa shape index (κ3) is 3.31. The van der Waals surface area contributed by atoms with Gasteiger partial charge in [0.1, 0.15) is 29.0 Å². The zero-order chi connectivity index (χ0) is 20.8. The summed E-state index contributed by atoms with van der Waals surface area (Å²) in [6, 6.07) is 9.37. The maximum absolute atomic E-state index is 12.6. The highest BCUT2D eigenvalue weighted by Gasteiger charge is 2.41. The minimum atomic E-state index is -4.05. The highest BCUT2D eigenvalue weighted by molar-refractivity contribution is 7.90. The van der Waals surface area contributed by atoms with E-state index in [4.69, 9.17) is 9.47 Å². The molecule has 0 unspecified atom stereocenters. The average Bonchev–Trinajstić information content (AvgIpc) is 3.12.